The molecule has 0 radical (unpaired) electrons. The van der Waals surface area contributed by atoms with Gasteiger partial charge in [0.25, 0.3) is 0 Å². The molecule has 2 rings (SSSR count). The quantitative estimate of drug-likeness (QED) is 0.836. The third-order valence-electron chi connectivity index (χ3n) is 4.17. The van der Waals surface area contributed by atoms with Crippen LogP contribution in [0, 0.1) is 11.3 Å². The van der Waals surface area contributed by atoms with Gasteiger partial charge in [-0.05, 0) is 24.8 Å². The molecule has 0 heterocycles. The smallest absolute Gasteiger partial charge is 0.308 e. The molecule has 2 N–H and O–H groups in total. The zero-order valence-electron chi connectivity index (χ0n) is 11.8. The number of nitrogens with one attached hydrogen (secondary N) is 1. The van der Waals surface area contributed by atoms with E-state index in [0.717, 1.165) is 31.2 Å². The lowest BCUT2D eigenvalue weighted by Gasteiger charge is -2.40. The second-order valence-electron chi connectivity index (χ2n) is 5.75. The van der Waals surface area contributed by atoms with Gasteiger partial charge in [-0.2, -0.15) is 0 Å². The van der Waals surface area contributed by atoms with Gasteiger partial charge >= 0.3 is 5.97 Å². The van der Waals surface area contributed by atoms with Gasteiger partial charge in [-0.15, -0.1) is 0 Å². The summed E-state index contributed by atoms with van der Waals surface area (Å²) in [5.74, 6) is -1.43. The van der Waals surface area contributed by atoms with Crippen LogP contribution in [0.3, 0.4) is 0 Å². The zero-order valence-corrected chi connectivity index (χ0v) is 11.8. The molecule has 1 atom stereocenters. The summed E-state index contributed by atoms with van der Waals surface area (Å²) in [4.78, 5) is 23.2. The second-order valence-corrected chi connectivity index (χ2v) is 5.75. The van der Waals surface area contributed by atoms with Crippen molar-refractivity contribution < 1.29 is 14.7 Å². The minimum atomic E-state index is -0.879. The lowest BCUT2D eigenvalue weighted by atomic mass is 9.64. The fraction of sp³-hybridized carbons (Fsp3) is 0.500. The minimum Gasteiger partial charge on any atom is -0.481 e. The fourth-order valence-electron chi connectivity index (χ4n) is 2.59. The van der Waals surface area contributed by atoms with Crippen molar-refractivity contribution in [1.82, 2.24) is 5.32 Å². The Morgan fingerprint density at radius 3 is 2.45 bits per heavy atom. The number of benzene rings is 1. The summed E-state index contributed by atoms with van der Waals surface area (Å²) in [6, 6.07) is 9.99. The summed E-state index contributed by atoms with van der Waals surface area (Å²) >= 11 is 0. The Kier molecular flexibility index (Phi) is 4.42. The van der Waals surface area contributed by atoms with E-state index in [2.05, 4.69) is 5.32 Å². The molecule has 1 fully saturated rings. The molecule has 0 spiro atoms. The first kappa shape index (κ1) is 14.6. The highest BCUT2D eigenvalue weighted by atomic mass is 16.4. The lowest BCUT2D eigenvalue weighted by Crippen LogP contribution is -2.48. The van der Waals surface area contributed by atoms with Crippen molar-refractivity contribution in [3.8, 4) is 0 Å². The van der Waals surface area contributed by atoms with Crippen LogP contribution in [-0.4, -0.2) is 23.5 Å². The molecule has 4 nitrogen and oxygen atoms in total. The van der Waals surface area contributed by atoms with Crippen molar-refractivity contribution in [3.63, 3.8) is 0 Å². The normalized spacial score (nSPS) is 17.9. The molecule has 0 aromatic heterocycles. The number of hydrogen-bond donors (Lipinski definition) is 2. The lowest BCUT2D eigenvalue weighted by molar-refractivity contribution is -0.141. The van der Waals surface area contributed by atoms with Crippen molar-refractivity contribution in [1.29, 1.82) is 0 Å². The maximum Gasteiger partial charge on any atom is 0.308 e. The summed E-state index contributed by atoms with van der Waals surface area (Å²) in [6.45, 7) is 1.80. The molecule has 1 aromatic rings. The number of hydrogen-bond acceptors (Lipinski definition) is 2. The van der Waals surface area contributed by atoms with E-state index in [4.69, 9.17) is 5.11 Å². The van der Waals surface area contributed by atoms with E-state index in [1.807, 2.05) is 30.3 Å². The zero-order chi connectivity index (χ0) is 14.6. The molecular weight excluding hydrogens is 254 g/mol. The van der Waals surface area contributed by atoms with Crippen LogP contribution in [0.5, 0.6) is 0 Å². The van der Waals surface area contributed by atoms with E-state index in [1.54, 1.807) is 6.92 Å². The van der Waals surface area contributed by atoms with Crippen LogP contribution in [0.25, 0.3) is 0 Å². The summed E-state index contributed by atoms with van der Waals surface area (Å²) in [5, 5.41) is 11.7. The Balaban J connectivity index is 1.96. The largest absolute Gasteiger partial charge is 0.481 e. The van der Waals surface area contributed by atoms with E-state index >= 15 is 0 Å². The van der Waals surface area contributed by atoms with Gasteiger partial charge in [0, 0.05) is 6.54 Å². The molecule has 1 aliphatic rings. The van der Waals surface area contributed by atoms with Crippen LogP contribution in [0.15, 0.2) is 30.3 Å². The summed E-state index contributed by atoms with van der Waals surface area (Å²) in [6.07, 6.45) is 3.57. The number of amides is 1. The molecule has 0 saturated heterocycles. The van der Waals surface area contributed by atoms with Gasteiger partial charge in [-0.1, -0.05) is 43.7 Å². The molecule has 0 aliphatic heterocycles. The maximum atomic E-state index is 12.4. The van der Waals surface area contributed by atoms with Gasteiger partial charge in [0.15, 0.2) is 0 Å². The minimum absolute atomic E-state index is 0.000651. The van der Waals surface area contributed by atoms with Crippen molar-refractivity contribution >= 4 is 11.9 Å². The molecule has 0 unspecified atom stereocenters. The first-order valence-electron chi connectivity index (χ1n) is 7.08. The Morgan fingerprint density at radius 2 is 1.95 bits per heavy atom. The number of rotatable bonds is 6. The monoisotopic (exact) mass is 275 g/mol. The molecule has 108 valence electrons. The molecule has 0 bridgehead atoms. The maximum absolute atomic E-state index is 12.4. The first-order chi connectivity index (χ1) is 9.53. The van der Waals surface area contributed by atoms with Crippen LogP contribution in [0.2, 0.25) is 0 Å². The fourth-order valence-corrected chi connectivity index (χ4v) is 2.59. The van der Waals surface area contributed by atoms with Crippen LogP contribution in [-0.2, 0) is 16.0 Å². The van der Waals surface area contributed by atoms with Gasteiger partial charge in [0.1, 0.15) is 0 Å². The van der Waals surface area contributed by atoms with Crippen molar-refractivity contribution in [2.24, 2.45) is 11.3 Å². The van der Waals surface area contributed by atoms with E-state index in [-0.39, 0.29) is 17.9 Å². The highest BCUT2D eigenvalue weighted by Crippen LogP contribution is 2.43. The predicted molar refractivity (Wildman–Crippen MR) is 76.2 cm³/mol. The van der Waals surface area contributed by atoms with Crippen molar-refractivity contribution in [2.45, 2.75) is 32.6 Å². The van der Waals surface area contributed by atoms with E-state index in [9.17, 15) is 9.59 Å². The number of carboxylic acids is 1. The highest BCUT2D eigenvalue weighted by Gasteiger charge is 2.43. The van der Waals surface area contributed by atoms with E-state index in [1.165, 1.54) is 0 Å². The van der Waals surface area contributed by atoms with Crippen LogP contribution < -0.4 is 5.32 Å². The average molecular weight is 275 g/mol. The third kappa shape index (κ3) is 3.18. The van der Waals surface area contributed by atoms with Crippen molar-refractivity contribution in [3.05, 3.63) is 35.9 Å². The molecule has 1 saturated carbocycles. The van der Waals surface area contributed by atoms with Gasteiger partial charge in [-0.25, -0.2) is 0 Å². The Labute approximate surface area is 119 Å². The summed E-state index contributed by atoms with van der Waals surface area (Å²) < 4.78 is 0. The average Bonchev–Trinajstić information content (AvgIpc) is 2.40. The number of carbonyl (C=O) groups is 2. The molecule has 1 aliphatic carbocycles. The number of aliphatic carboxylic acids is 1. The van der Waals surface area contributed by atoms with Crippen LogP contribution in [0.1, 0.15) is 31.7 Å². The number of carboxylic acid groups (broad SMARTS) is 1. The van der Waals surface area contributed by atoms with Gasteiger partial charge in [0.2, 0.25) is 5.91 Å². The summed E-state index contributed by atoms with van der Waals surface area (Å²) in [7, 11) is 0. The first-order valence-corrected chi connectivity index (χ1v) is 7.08. The van der Waals surface area contributed by atoms with E-state index in [0.29, 0.717) is 0 Å². The van der Waals surface area contributed by atoms with Crippen LogP contribution in [0.4, 0.5) is 0 Å². The summed E-state index contributed by atoms with van der Waals surface area (Å²) in [5.41, 5.74) is 0.827. The Morgan fingerprint density at radius 1 is 1.30 bits per heavy atom. The standard InChI is InChI=1S/C16H21NO3/c1-12(14(18)19)11-17-15(20)16(8-5-9-16)10-13-6-3-2-4-7-13/h2-4,6-7,12H,5,8-11H2,1H3,(H,17,20)(H,18,19)/t12-/m0/s1. The Hall–Kier alpha value is -1.84. The third-order valence-corrected chi connectivity index (χ3v) is 4.17. The molecule has 1 amide bonds. The van der Waals surface area contributed by atoms with Gasteiger partial charge in [-0.3, -0.25) is 9.59 Å². The molecule has 4 heteroatoms. The highest BCUT2D eigenvalue weighted by molar-refractivity contribution is 5.84. The van der Waals surface area contributed by atoms with E-state index < -0.39 is 11.9 Å². The SMILES string of the molecule is C[C@@H](CNC(=O)C1(Cc2ccccc2)CCC1)C(=O)O. The van der Waals surface area contributed by atoms with Gasteiger partial charge in [0.05, 0.1) is 11.3 Å². The molecular formula is C16H21NO3. The number of carbonyl (C=O) groups excluding carboxylic acids is 1. The van der Waals surface area contributed by atoms with Crippen LogP contribution >= 0.6 is 0 Å². The van der Waals surface area contributed by atoms with Gasteiger partial charge < -0.3 is 10.4 Å². The predicted octanol–water partition coefficient (Wildman–Crippen LogP) is 2.24. The molecule has 1 aromatic carbocycles. The van der Waals surface area contributed by atoms with Crippen molar-refractivity contribution in [2.75, 3.05) is 6.54 Å². The second kappa shape index (κ2) is 6.07. The molecule has 20 heavy (non-hydrogen) atoms. The topological polar surface area (TPSA) is 66.4 Å². The Bertz CT molecular complexity index is 480.